The summed E-state index contributed by atoms with van der Waals surface area (Å²) in [4.78, 5) is 0. The topological polar surface area (TPSA) is 47.0 Å². The zero-order valence-electron chi connectivity index (χ0n) is 8.91. The minimum Gasteiger partial charge on any atom is -0.430 e. The van der Waals surface area contributed by atoms with Crippen molar-refractivity contribution in [2.24, 2.45) is 0 Å². The van der Waals surface area contributed by atoms with E-state index in [4.69, 9.17) is 4.74 Å². The third-order valence-electron chi connectivity index (χ3n) is 1.87. The fraction of sp³-hybridized carbons (Fsp3) is 0.200. The molecule has 0 aliphatic heterocycles. The Morgan fingerprint density at radius 2 is 2.12 bits per heavy atom. The lowest BCUT2D eigenvalue weighted by Gasteiger charge is -2.00. The molecule has 0 fully saturated rings. The van der Waals surface area contributed by atoms with Gasteiger partial charge in [0.15, 0.2) is 11.6 Å². The monoisotopic (exact) mass is 257 g/mol. The number of hydrogen-bond acceptors (Lipinski definition) is 5. The van der Waals surface area contributed by atoms with Crippen molar-refractivity contribution < 1.29 is 13.5 Å². The van der Waals surface area contributed by atoms with Crippen LogP contribution in [0.2, 0.25) is 0 Å². The standard InChI is InChI=1S/C10H9F2N3OS/c1-13-5-9-14-15-10(17-9)16-6-2-3-7(11)8(12)4-6/h2-4,13H,5H2,1H3. The highest BCUT2D eigenvalue weighted by Gasteiger charge is 2.08. The fourth-order valence-electron chi connectivity index (χ4n) is 1.14. The summed E-state index contributed by atoms with van der Waals surface area (Å²) in [6, 6.07) is 3.30. The maximum absolute atomic E-state index is 12.9. The van der Waals surface area contributed by atoms with Crippen LogP contribution < -0.4 is 10.1 Å². The Morgan fingerprint density at radius 1 is 1.29 bits per heavy atom. The first-order valence-electron chi connectivity index (χ1n) is 4.79. The van der Waals surface area contributed by atoms with Crippen LogP contribution >= 0.6 is 11.3 Å². The highest BCUT2D eigenvalue weighted by molar-refractivity contribution is 7.13. The summed E-state index contributed by atoms with van der Waals surface area (Å²) in [6.45, 7) is 0.582. The number of benzene rings is 1. The molecule has 0 aliphatic carbocycles. The van der Waals surface area contributed by atoms with Crippen LogP contribution in [0.25, 0.3) is 0 Å². The summed E-state index contributed by atoms with van der Waals surface area (Å²) >= 11 is 1.24. The molecule has 1 aromatic heterocycles. The number of nitrogens with zero attached hydrogens (tertiary/aromatic N) is 2. The van der Waals surface area contributed by atoms with Gasteiger partial charge in [0, 0.05) is 12.6 Å². The molecule has 4 nitrogen and oxygen atoms in total. The van der Waals surface area contributed by atoms with Gasteiger partial charge in [-0.1, -0.05) is 16.4 Å². The minimum absolute atomic E-state index is 0.191. The Hall–Kier alpha value is -1.60. The zero-order valence-corrected chi connectivity index (χ0v) is 9.72. The van der Waals surface area contributed by atoms with Gasteiger partial charge in [0.2, 0.25) is 0 Å². The molecule has 0 bridgehead atoms. The molecule has 0 unspecified atom stereocenters. The molecule has 90 valence electrons. The summed E-state index contributed by atoms with van der Waals surface area (Å²) in [7, 11) is 1.79. The van der Waals surface area contributed by atoms with Gasteiger partial charge in [-0.2, -0.15) is 0 Å². The zero-order chi connectivity index (χ0) is 12.3. The van der Waals surface area contributed by atoms with Crippen molar-refractivity contribution in [3.63, 3.8) is 0 Å². The SMILES string of the molecule is CNCc1nnc(Oc2ccc(F)c(F)c2)s1. The quantitative estimate of drug-likeness (QED) is 0.913. The summed E-state index contributed by atoms with van der Waals surface area (Å²) < 4.78 is 30.8. The number of aromatic nitrogens is 2. The largest absolute Gasteiger partial charge is 0.430 e. The average molecular weight is 257 g/mol. The maximum atomic E-state index is 12.9. The first kappa shape index (κ1) is 11.9. The lowest BCUT2D eigenvalue weighted by molar-refractivity contribution is 0.455. The van der Waals surface area contributed by atoms with E-state index in [9.17, 15) is 8.78 Å². The number of rotatable bonds is 4. The van der Waals surface area contributed by atoms with Gasteiger partial charge < -0.3 is 10.1 Å². The van der Waals surface area contributed by atoms with E-state index in [0.29, 0.717) is 11.7 Å². The third-order valence-corrected chi connectivity index (χ3v) is 2.67. The van der Waals surface area contributed by atoms with Crippen molar-refractivity contribution in [3.8, 4) is 10.9 Å². The molecule has 0 saturated heterocycles. The van der Waals surface area contributed by atoms with Crippen molar-refractivity contribution in [1.82, 2.24) is 15.5 Å². The molecule has 1 N–H and O–H groups in total. The number of ether oxygens (including phenoxy) is 1. The Labute approximate surface area is 100 Å². The van der Waals surface area contributed by atoms with Gasteiger partial charge in [-0.15, -0.1) is 5.10 Å². The van der Waals surface area contributed by atoms with Crippen LogP contribution in [0.15, 0.2) is 18.2 Å². The van der Waals surface area contributed by atoms with Crippen LogP contribution in [0, 0.1) is 11.6 Å². The third kappa shape index (κ3) is 2.95. The second-order valence-corrected chi connectivity index (χ2v) is 4.19. The molecule has 2 aromatic rings. The van der Waals surface area contributed by atoms with Gasteiger partial charge in [-0.3, -0.25) is 0 Å². The molecule has 0 atom stereocenters. The number of halogens is 2. The van der Waals surface area contributed by atoms with Gasteiger partial charge >= 0.3 is 0 Å². The predicted octanol–water partition coefficient (Wildman–Crippen LogP) is 2.33. The summed E-state index contributed by atoms with van der Waals surface area (Å²) in [6.07, 6.45) is 0. The van der Waals surface area contributed by atoms with E-state index >= 15 is 0 Å². The Morgan fingerprint density at radius 3 is 2.82 bits per heavy atom. The van der Waals surface area contributed by atoms with Gasteiger partial charge in [0.1, 0.15) is 10.8 Å². The fourth-order valence-corrected chi connectivity index (χ4v) is 1.86. The van der Waals surface area contributed by atoms with Crippen molar-refractivity contribution in [1.29, 1.82) is 0 Å². The molecule has 0 aliphatic rings. The minimum atomic E-state index is -0.956. The molecule has 2 rings (SSSR count). The van der Waals surface area contributed by atoms with Gasteiger partial charge in [-0.05, 0) is 19.2 Å². The van der Waals surface area contributed by atoms with E-state index < -0.39 is 11.6 Å². The molecule has 0 amide bonds. The van der Waals surface area contributed by atoms with Crippen LogP contribution in [0.1, 0.15) is 5.01 Å². The van der Waals surface area contributed by atoms with E-state index in [0.717, 1.165) is 17.1 Å². The molecule has 0 spiro atoms. The van der Waals surface area contributed by atoms with Gasteiger partial charge in [0.05, 0.1) is 0 Å². The van der Waals surface area contributed by atoms with Crippen molar-refractivity contribution in [2.75, 3.05) is 7.05 Å². The Balaban J connectivity index is 2.11. The molecular formula is C10H9F2N3OS. The van der Waals surface area contributed by atoms with Gasteiger partial charge in [0.25, 0.3) is 5.19 Å². The van der Waals surface area contributed by atoms with Crippen LogP contribution in [0.5, 0.6) is 10.9 Å². The van der Waals surface area contributed by atoms with E-state index in [1.54, 1.807) is 7.05 Å². The van der Waals surface area contributed by atoms with E-state index in [-0.39, 0.29) is 5.75 Å². The lowest BCUT2D eigenvalue weighted by Crippen LogP contribution is -2.04. The van der Waals surface area contributed by atoms with Crippen molar-refractivity contribution in [3.05, 3.63) is 34.8 Å². The van der Waals surface area contributed by atoms with E-state index in [1.165, 1.54) is 17.4 Å². The smallest absolute Gasteiger partial charge is 0.299 e. The van der Waals surface area contributed by atoms with Crippen LogP contribution in [-0.4, -0.2) is 17.2 Å². The molecule has 17 heavy (non-hydrogen) atoms. The first-order chi connectivity index (χ1) is 8.19. The lowest BCUT2D eigenvalue weighted by atomic mass is 10.3. The predicted molar refractivity (Wildman–Crippen MR) is 59.1 cm³/mol. The second-order valence-electron chi connectivity index (χ2n) is 3.17. The number of nitrogens with one attached hydrogen (secondary N) is 1. The van der Waals surface area contributed by atoms with Crippen LogP contribution in [0.4, 0.5) is 8.78 Å². The van der Waals surface area contributed by atoms with Crippen LogP contribution in [-0.2, 0) is 6.54 Å². The Bertz CT molecular complexity index is 518. The van der Waals surface area contributed by atoms with Crippen LogP contribution in [0.3, 0.4) is 0 Å². The number of hydrogen-bond donors (Lipinski definition) is 1. The van der Waals surface area contributed by atoms with Crippen molar-refractivity contribution >= 4 is 11.3 Å². The van der Waals surface area contributed by atoms with Crippen molar-refractivity contribution in [2.45, 2.75) is 6.54 Å². The first-order valence-corrected chi connectivity index (χ1v) is 5.60. The summed E-state index contributed by atoms with van der Waals surface area (Å²) in [5, 5.41) is 11.6. The Kier molecular flexibility index (Phi) is 3.60. The van der Waals surface area contributed by atoms with E-state index in [2.05, 4.69) is 15.5 Å². The highest BCUT2D eigenvalue weighted by Crippen LogP contribution is 2.25. The molecule has 1 heterocycles. The summed E-state index contributed by atoms with van der Waals surface area (Å²) in [5.74, 6) is -1.68. The second kappa shape index (κ2) is 5.15. The van der Waals surface area contributed by atoms with E-state index in [1.807, 2.05) is 0 Å². The molecule has 1 aromatic carbocycles. The maximum Gasteiger partial charge on any atom is 0.299 e. The summed E-state index contributed by atoms with van der Waals surface area (Å²) in [5.41, 5.74) is 0. The highest BCUT2D eigenvalue weighted by atomic mass is 32.1. The normalized spacial score (nSPS) is 10.5. The van der Waals surface area contributed by atoms with Gasteiger partial charge in [-0.25, -0.2) is 8.78 Å². The molecule has 0 saturated carbocycles. The molecular weight excluding hydrogens is 248 g/mol. The average Bonchev–Trinajstić information content (AvgIpc) is 2.72. The molecule has 7 heteroatoms. The molecule has 0 radical (unpaired) electrons.